The number of anilines is 1. The summed E-state index contributed by atoms with van der Waals surface area (Å²) in [6, 6.07) is 14.6. The van der Waals surface area contributed by atoms with E-state index in [-0.39, 0.29) is 30.3 Å². The Balaban J connectivity index is 1.42. The lowest BCUT2D eigenvalue weighted by molar-refractivity contribution is -0.0135. The highest BCUT2D eigenvalue weighted by Crippen LogP contribution is 2.23. The van der Waals surface area contributed by atoms with Crippen molar-refractivity contribution in [3.63, 3.8) is 0 Å². The molecule has 4 rings (SSSR count). The molecule has 2 amide bonds. The summed E-state index contributed by atoms with van der Waals surface area (Å²) in [4.78, 5) is 26.3. The first-order valence-corrected chi connectivity index (χ1v) is 10.3. The monoisotopic (exact) mass is 438 g/mol. The fourth-order valence-corrected chi connectivity index (χ4v) is 3.42. The van der Waals surface area contributed by atoms with Gasteiger partial charge in [0.05, 0.1) is 25.4 Å². The number of aromatic nitrogens is 2. The number of esters is 1. The Morgan fingerprint density at radius 1 is 1.22 bits per heavy atom. The number of hydrogen-bond donors (Lipinski definition) is 1. The van der Waals surface area contributed by atoms with E-state index in [1.807, 2.05) is 6.07 Å². The van der Waals surface area contributed by atoms with Crippen molar-refractivity contribution >= 4 is 17.7 Å². The van der Waals surface area contributed by atoms with Gasteiger partial charge in [0.15, 0.2) is 5.69 Å². The Morgan fingerprint density at radius 2 is 2.03 bits per heavy atom. The highest BCUT2D eigenvalue weighted by atomic mass is 19.1. The normalized spacial score (nSPS) is 15.9. The minimum Gasteiger partial charge on any atom is -0.461 e. The molecule has 166 valence electrons. The SMILES string of the molecule is CCOC(=O)c1ccn(-c2cccc(NC(=O)N3CCOC(c4ccc(F)cc4)C3)c2)n1. The van der Waals surface area contributed by atoms with Crippen LogP contribution in [-0.2, 0) is 9.47 Å². The molecule has 1 aromatic heterocycles. The van der Waals surface area contributed by atoms with Crippen LogP contribution in [0.2, 0.25) is 0 Å². The molecule has 1 unspecified atom stereocenters. The van der Waals surface area contributed by atoms with Crippen molar-refractivity contribution in [2.24, 2.45) is 0 Å². The standard InChI is InChI=1S/C23H23FN4O4/c1-2-31-22(29)20-10-11-28(26-20)19-5-3-4-18(14-19)25-23(30)27-12-13-32-21(15-27)16-6-8-17(24)9-7-16/h3-11,14,21H,2,12-13,15H2,1H3,(H,25,30). The number of halogens is 1. The first-order valence-electron chi connectivity index (χ1n) is 10.3. The van der Waals surface area contributed by atoms with Gasteiger partial charge < -0.3 is 19.7 Å². The summed E-state index contributed by atoms with van der Waals surface area (Å²) < 4.78 is 25.4. The van der Waals surface area contributed by atoms with E-state index < -0.39 is 5.97 Å². The number of amides is 2. The van der Waals surface area contributed by atoms with E-state index in [0.717, 1.165) is 5.56 Å². The number of hydrogen-bond acceptors (Lipinski definition) is 5. The van der Waals surface area contributed by atoms with E-state index in [2.05, 4.69) is 10.4 Å². The van der Waals surface area contributed by atoms with E-state index in [9.17, 15) is 14.0 Å². The van der Waals surface area contributed by atoms with Gasteiger partial charge in [-0.2, -0.15) is 5.10 Å². The van der Waals surface area contributed by atoms with Gasteiger partial charge in [-0.1, -0.05) is 18.2 Å². The van der Waals surface area contributed by atoms with Gasteiger partial charge in [-0.3, -0.25) is 0 Å². The summed E-state index contributed by atoms with van der Waals surface area (Å²) in [7, 11) is 0. The van der Waals surface area contributed by atoms with Crippen molar-refractivity contribution in [3.05, 3.63) is 77.9 Å². The van der Waals surface area contributed by atoms with E-state index in [1.165, 1.54) is 12.1 Å². The zero-order chi connectivity index (χ0) is 22.5. The average Bonchev–Trinajstić information content (AvgIpc) is 3.31. The largest absolute Gasteiger partial charge is 0.461 e. The summed E-state index contributed by atoms with van der Waals surface area (Å²) in [6.45, 7) is 3.21. The summed E-state index contributed by atoms with van der Waals surface area (Å²) >= 11 is 0. The Hall–Kier alpha value is -3.72. The van der Waals surface area contributed by atoms with Crippen LogP contribution in [0.15, 0.2) is 60.8 Å². The first kappa shape index (κ1) is 21.5. The first-order chi connectivity index (χ1) is 15.5. The van der Waals surface area contributed by atoms with Crippen molar-refractivity contribution in [1.29, 1.82) is 0 Å². The molecule has 1 saturated heterocycles. The number of nitrogens with one attached hydrogen (secondary N) is 1. The van der Waals surface area contributed by atoms with E-state index in [4.69, 9.17) is 9.47 Å². The predicted octanol–water partition coefficient (Wildman–Crippen LogP) is 3.79. The molecule has 3 aromatic rings. The number of benzene rings is 2. The number of urea groups is 1. The predicted molar refractivity (Wildman–Crippen MR) is 115 cm³/mol. The van der Waals surface area contributed by atoms with Crippen LogP contribution < -0.4 is 5.32 Å². The smallest absolute Gasteiger partial charge is 0.358 e. The maximum atomic E-state index is 13.2. The van der Waals surface area contributed by atoms with E-state index in [1.54, 1.807) is 59.1 Å². The number of morpholine rings is 1. The highest BCUT2D eigenvalue weighted by molar-refractivity contribution is 5.90. The van der Waals surface area contributed by atoms with Crippen LogP contribution in [0, 0.1) is 5.82 Å². The van der Waals surface area contributed by atoms with Crippen molar-refractivity contribution < 1.29 is 23.5 Å². The Bertz CT molecular complexity index is 1100. The van der Waals surface area contributed by atoms with Crippen LogP contribution in [0.3, 0.4) is 0 Å². The van der Waals surface area contributed by atoms with Crippen LogP contribution in [0.25, 0.3) is 5.69 Å². The van der Waals surface area contributed by atoms with Gasteiger partial charge >= 0.3 is 12.0 Å². The van der Waals surface area contributed by atoms with Crippen molar-refractivity contribution in [3.8, 4) is 5.69 Å². The maximum Gasteiger partial charge on any atom is 0.358 e. The highest BCUT2D eigenvalue weighted by Gasteiger charge is 2.25. The van der Waals surface area contributed by atoms with Crippen LogP contribution in [0.1, 0.15) is 29.1 Å². The van der Waals surface area contributed by atoms with Crippen LogP contribution >= 0.6 is 0 Å². The molecular formula is C23H23FN4O4. The molecule has 1 aliphatic rings. The lowest BCUT2D eigenvalue weighted by atomic mass is 10.1. The molecule has 1 fully saturated rings. The van der Waals surface area contributed by atoms with Gasteiger partial charge in [-0.25, -0.2) is 18.7 Å². The molecule has 0 spiro atoms. The fourth-order valence-electron chi connectivity index (χ4n) is 3.42. The average molecular weight is 438 g/mol. The molecule has 1 N–H and O–H groups in total. The van der Waals surface area contributed by atoms with Crippen LogP contribution in [0.5, 0.6) is 0 Å². The van der Waals surface area contributed by atoms with Crippen molar-refractivity contribution in [2.45, 2.75) is 13.0 Å². The Morgan fingerprint density at radius 3 is 2.81 bits per heavy atom. The number of carbonyl (C=O) groups is 2. The van der Waals surface area contributed by atoms with Crippen LogP contribution in [0.4, 0.5) is 14.9 Å². The third-order valence-electron chi connectivity index (χ3n) is 5.03. The van der Waals surface area contributed by atoms with E-state index >= 15 is 0 Å². The second kappa shape index (κ2) is 9.61. The quantitative estimate of drug-likeness (QED) is 0.613. The summed E-state index contributed by atoms with van der Waals surface area (Å²) in [6.07, 6.45) is 1.34. The molecule has 8 nitrogen and oxygen atoms in total. The number of ether oxygens (including phenoxy) is 2. The third kappa shape index (κ3) is 4.94. The zero-order valence-corrected chi connectivity index (χ0v) is 17.5. The number of carbonyl (C=O) groups excluding carboxylic acids is 2. The zero-order valence-electron chi connectivity index (χ0n) is 17.5. The van der Waals surface area contributed by atoms with Crippen molar-refractivity contribution in [1.82, 2.24) is 14.7 Å². The van der Waals surface area contributed by atoms with Gasteiger partial charge in [-0.15, -0.1) is 0 Å². The Labute approximate surface area is 184 Å². The van der Waals surface area contributed by atoms with Crippen LogP contribution in [-0.4, -0.2) is 53.0 Å². The fraction of sp³-hybridized carbons (Fsp3) is 0.261. The van der Waals surface area contributed by atoms with Gasteiger partial charge in [0, 0.05) is 18.4 Å². The van der Waals surface area contributed by atoms with Gasteiger partial charge in [0.1, 0.15) is 11.9 Å². The molecule has 0 saturated carbocycles. The molecule has 1 aliphatic heterocycles. The van der Waals surface area contributed by atoms with Gasteiger partial charge in [-0.05, 0) is 48.9 Å². The molecule has 2 heterocycles. The summed E-state index contributed by atoms with van der Waals surface area (Å²) in [5.41, 5.74) is 2.30. The molecule has 32 heavy (non-hydrogen) atoms. The third-order valence-corrected chi connectivity index (χ3v) is 5.03. The topological polar surface area (TPSA) is 85.7 Å². The molecule has 2 aromatic carbocycles. The van der Waals surface area contributed by atoms with E-state index in [0.29, 0.717) is 31.1 Å². The summed E-state index contributed by atoms with van der Waals surface area (Å²) in [5, 5.41) is 7.13. The molecule has 1 atom stereocenters. The lowest BCUT2D eigenvalue weighted by Gasteiger charge is -2.33. The van der Waals surface area contributed by atoms with Crippen molar-refractivity contribution in [2.75, 3.05) is 31.6 Å². The lowest BCUT2D eigenvalue weighted by Crippen LogP contribution is -2.44. The Kier molecular flexibility index (Phi) is 6.46. The maximum absolute atomic E-state index is 13.2. The minimum absolute atomic E-state index is 0.210. The number of nitrogens with zero attached hydrogens (tertiary/aromatic N) is 3. The van der Waals surface area contributed by atoms with Gasteiger partial charge in [0.2, 0.25) is 0 Å². The number of rotatable bonds is 5. The molecule has 9 heteroatoms. The minimum atomic E-state index is -0.487. The van der Waals surface area contributed by atoms with Gasteiger partial charge in [0.25, 0.3) is 0 Å². The molecule has 0 bridgehead atoms. The molecular weight excluding hydrogens is 415 g/mol. The second-order valence-corrected chi connectivity index (χ2v) is 7.20. The summed E-state index contributed by atoms with van der Waals surface area (Å²) in [5.74, 6) is -0.802. The second-order valence-electron chi connectivity index (χ2n) is 7.20. The molecule has 0 aliphatic carbocycles. The molecule has 0 radical (unpaired) electrons.